The summed E-state index contributed by atoms with van der Waals surface area (Å²) in [5.41, 5.74) is 7.61. The first-order valence-corrected chi connectivity index (χ1v) is 8.45. The molecular formula is C15H27N3O2S. The topological polar surface area (TPSA) is 75.4 Å². The summed E-state index contributed by atoms with van der Waals surface area (Å²) in [4.78, 5) is 2.24. The number of nitrogen functional groups attached to an aromatic ring is 1. The molecule has 0 heterocycles. The Bertz CT molecular complexity index is 608. The number of hydrogen-bond donors (Lipinski definition) is 2. The van der Waals surface area contributed by atoms with E-state index in [9.17, 15) is 8.42 Å². The normalized spacial score (nSPS) is 12.9. The Balaban J connectivity index is 3.01. The van der Waals surface area contributed by atoms with Gasteiger partial charge in [0.2, 0.25) is 10.0 Å². The Labute approximate surface area is 128 Å². The van der Waals surface area contributed by atoms with Crippen LogP contribution in [0.15, 0.2) is 17.0 Å². The maximum absolute atomic E-state index is 12.6. The first kappa shape index (κ1) is 17.9. The second-order valence-electron chi connectivity index (χ2n) is 6.65. The third-order valence-corrected chi connectivity index (χ3v) is 5.06. The monoisotopic (exact) mass is 313 g/mol. The van der Waals surface area contributed by atoms with E-state index in [-0.39, 0.29) is 16.0 Å². The summed E-state index contributed by atoms with van der Waals surface area (Å²) in [5.74, 6) is 0. The van der Waals surface area contributed by atoms with Gasteiger partial charge < -0.3 is 10.6 Å². The standard InChI is InChI=1S/C15H27N3O2S/c1-11-7-8-13(16)14(12(11)2)21(19,20)17-9-15(3,4)10-18(5)6/h7-8,17H,9-10,16H2,1-6H3. The summed E-state index contributed by atoms with van der Waals surface area (Å²) in [7, 11) is 0.336. The molecule has 0 saturated carbocycles. The van der Waals surface area contributed by atoms with Crippen molar-refractivity contribution in [2.75, 3.05) is 32.9 Å². The number of aryl methyl sites for hydroxylation is 1. The average Bonchev–Trinajstić information content (AvgIpc) is 2.30. The van der Waals surface area contributed by atoms with Crippen molar-refractivity contribution in [2.24, 2.45) is 5.41 Å². The summed E-state index contributed by atoms with van der Waals surface area (Å²) in [6.07, 6.45) is 0. The van der Waals surface area contributed by atoms with Crippen LogP contribution in [0.3, 0.4) is 0 Å². The van der Waals surface area contributed by atoms with Crippen molar-refractivity contribution in [3.8, 4) is 0 Å². The van der Waals surface area contributed by atoms with E-state index in [0.29, 0.717) is 12.1 Å². The fourth-order valence-corrected chi connectivity index (χ4v) is 4.11. The molecule has 120 valence electrons. The van der Waals surface area contributed by atoms with Crippen molar-refractivity contribution in [2.45, 2.75) is 32.6 Å². The molecule has 0 unspecified atom stereocenters. The van der Waals surface area contributed by atoms with Crippen LogP contribution in [0.1, 0.15) is 25.0 Å². The minimum Gasteiger partial charge on any atom is -0.398 e. The summed E-state index contributed by atoms with van der Waals surface area (Å²) >= 11 is 0. The molecule has 3 N–H and O–H groups in total. The van der Waals surface area contributed by atoms with E-state index in [1.807, 2.05) is 45.8 Å². The van der Waals surface area contributed by atoms with Crippen LogP contribution in [0, 0.1) is 19.3 Å². The number of rotatable bonds is 6. The van der Waals surface area contributed by atoms with Crippen LogP contribution in [0.2, 0.25) is 0 Å². The van der Waals surface area contributed by atoms with Gasteiger partial charge in [0.25, 0.3) is 0 Å². The highest BCUT2D eigenvalue weighted by Gasteiger charge is 2.25. The molecule has 0 aromatic heterocycles. The Morgan fingerprint density at radius 1 is 1.24 bits per heavy atom. The highest BCUT2D eigenvalue weighted by molar-refractivity contribution is 7.89. The molecule has 0 aliphatic heterocycles. The SMILES string of the molecule is Cc1ccc(N)c(S(=O)(=O)NCC(C)(C)CN(C)C)c1C. The zero-order valence-electron chi connectivity index (χ0n) is 13.8. The molecule has 1 rings (SSSR count). The highest BCUT2D eigenvalue weighted by Crippen LogP contribution is 2.26. The second kappa shape index (κ2) is 6.34. The lowest BCUT2D eigenvalue weighted by Crippen LogP contribution is -2.40. The van der Waals surface area contributed by atoms with Gasteiger partial charge in [-0.25, -0.2) is 13.1 Å². The lowest BCUT2D eigenvalue weighted by atomic mass is 9.93. The zero-order valence-corrected chi connectivity index (χ0v) is 14.6. The molecule has 1 aromatic carbocycles. The van der Waals surface area contributed by atoms with Crippen LogP contribution in [0.5, 0.6) is 0 Å². The van der Waals surface area contributed by atoms with E-state index in [4.69, 9.17) is 5.73 Å². The van der Waals surface area contributed by atoms with Crippen LogP contribution in [0.25, 0.3) is 0 Å². The van der Waals surface area contributed by atoms with Crippen molar-refractivity contribution in [1.29, 1.82) is 0 Å². The van der Waals surface area contributed by atoms with E-state index in [0.717, 1.165) is 12.1 Å². The van der Waals surface area contributed by atoms with E-state index < -0.39 is 10.0 Å². The zero-order chi connectivity index (χ0) is 16.4. The molecule has 0 bridgehead atoms. The predicted molar refractivity (Wildman–Crippen MR) is 87.9 cm³/mol. The molecule has 0 aliphatic carbocycles. The van der Waals surface area contributed by atoms with Crippen molar-refractivity contribution >= 4 is 15.7 Å². The van der Waals surface area contributed by atoms with Crippen molar-refractivity contribution in [3.05, 3.63) is 23.3 Å². The molecule has 0 fully saturated rings. The van der Waals surface area contributed by atoms with Gasteiger partial charge in [-0.3, -0.25) is 0 Å². The third-order valence-electron chi connectivity index (χ3n) is 3.46. The smallest absolute Gasteiger partial charge is 0.242 e. The molecule has 0 aliphatic rings. The Kier molecular flexibility index (Phi) is 5.41. The van der Waals surface area contributed by atoms with Gasteiger partial charge in [-0.1, -0.05) is 19.9 Å². The van der Waals surface area contributed by atoms with Crippen LogP contribution in [0.4, 0.5) is 5.69 Å². The quantitative estimate of drug-likeness (QED) is 0.785. The van der Waals surface area contributed by atoms with E-state index in [2.05, 4.69) is 4.72 Å². The molecule has 6 heteroatoms. The van der Waals surface area contributed by atoms with Gasteiger partial charge in [0.1, 0.15) is 4.90 Å². The summed E-state index contributed by atoms with van der Waals surface area (Å²) < 4.78 is 27.8. The largest absolute Gasteiger partial charge is 0.398 e. The molecule has 0 amide bonds. The van der Waals surface area contributed by atoms with Gasteiger partial charge in [-0.15, -0.1) is 0 Å². The molecule has 0 atom stereocenters. The Morgan fingerprint density at radius 2 is 1.81 bits per heavy atom. The first-order valence-electron chi connectivity index (χ1n) is 6.96. The lowest BCUT2D eigenvalue weighted by Gasteiger charge is -2.28. The highest BCUT2D eigenvalue weighted by atomic mass is 32.2. The van der Waals surface area contributed by atoms with Gasteiger partial charge >= 0.3 is 0 Å². The summed E-state index contributed by atoms with van der Waals surface area (Å²) in [6, 6.07) is 3.47. The third kappa shape index (κ3) is 4.69. The van der Waals surface area contributed by atoms with Crippen molar-refractivity contribution in [3.63, 3.8) is 0 Å². The Hall–Kier alpha value is -1.11. The van der Waals surface area contributed by atoms with Gasteiger partial charge in [0.05, 0.1) is 5.69 Å². The van der Waals surface area contributed by atoms with Crippen molar-refractivity contribution < 1.29 is 8.42 Å². The molecule has 5 nitrogen and oxygen atoms in total. The predicted octanol–water partition coefficient (Wildman–Crippen LogP) is 1.75. The fourth-order valence-electron chi connectivity index (χ4n) is 2.44. The van der Waals surface area contributed by atoms with E-state index >= 15 is 0 Å². The molecular weight excluding hydrogens is 286 g/mol. The maximum Gasteiger partial charge on any atom is 0.242 e. The number of hydrogen-bond acceptors (Lipinski definition) is 4. The minimum atomic E-state index is -3.61. The number of nitrogens with one attached hydrogen (secondary N) is 1. The molecule has 0 saturated heterocycles. The number of sulfonamides is 1. The van der Waals surface area contributed by atoms with Gasteiger partial charge in [-0.2, -0.15) is 0 Å². The van der Waals surface area contributed by atoms with Crippen LogP contribution in [-0.2, 0) is 10.0 Å². The lowest BCUT2D eigenvalue weighted by molar-refractivity contribution is 0.242. The van der Waals surface area contributed by atoms with E-state index in [1.54, 1.807) is 13.0 Å². The minimum absolute atomic E-state index is 0.164. The van der Waals surface area contributed by atoms with Crippen LogP contribution in [-0.4, -0.2) is 40.5 Å². The number of nitrogens with zero attached hydrogens (tertiary/aromatic N) is 1. The van der Waals surface area contributed by atoms with Crippen molar-refractivity contribution in [1.82, 2.24) is 9.62 Å². The van der Waals surface area contributed by atoms with Crippen LogP contribution < -0.4 is 10.5 Å². The van der Waals surface area contributed by atoms with E-state index in [1.165, 1.54) is 0 Å². The number of nitrogens with two attached hydrogens (primary N) is 1. The fraction of sp³-hybridized carbons (Fsp3) is 0.600. The van der Waals surface area contributed by atoms with Gasteiger partial charge in [-0.05, 0) is 50.6 Å². The van der Waals surface area contributed by atoms with Gasteiger partial charge in [0, 0.05) is 13.1 Å². The molecule has 21 heavy (non-hydrogen) atoms. The van der Waals surface area contributed by atoms with Crippen LogP contribution >= 0.6 is 0 Å². The Morgan fingerprint density at radius 3 is 2.33 bits per heavy atom. The molecule has 0 radical (unpaired) electrons. The molecule has 1 aromatic rings. The summed E-state index contributed by atoms with van der Waals surface area (Å²) in [6.45, 7) is 8.87. The maximum atomic E-state index is 12.6. The van der Waals surface area contributed by atoms with Gasteiger partial charge in [0.15, 0.2) is 0 Å². The number of anilines is 1. The molecule has 0 spiro atoms. The second-order valence-corrected chi connectivity index (χ2v) is 8.36. The first-order chi connectivity index (χ1) is 9.46. The summed E-state index contributed by atoms with van der Waals surface area (Å²) in [5, 5.41) is 0. The number of benzene rings is 1. The average molecular weight is 313 g/mol.